The lowest BCUT2D eigenvalue weighted by molar-refractivity contribution is -0.117. The Morgan fingerprint density at radius 2 is 2.17 bits per heavy atom. The normalized spacial score (nSPS) is 19.3. The van der Waals surface area contributed by atoms with Crippen molar-refractivity contribution in [2.75, 3.05) is 18.1 Å². The summed E-state index contributed by atoms with van der Waals surface area (Å²) in [5, 5.41) is 18.1. The number of carboxylic acid groups (broad SMARTS) is 1. The number of aliphatic hydroxyl groups is 1. The van der Waals surface area contributed by atoms with Crippen molar-refractivity contribution in [3.05, 3.63) is 29.3 Å². The molecule has 0 bridgehead atoms. The van der Waals surface area contributed by atoms with Crippen molar-refractivity contribution in [3.63, 3.8) is 0 Å². The van der Waals surface area contributed by atoms with E-state index in [9.17, 15) is 9.59 Å². The Labute approximate surface area is 105 Å². The third-order valence-corrected chi connectivity index (χ3v) is 3.08. The van der Waals surface area contributed by atoms with Gasteiger partial charge in [0, 0.05) is 31.2 Å². The lowest BCUT2D eigenvalue weighted by Gasteiger charge is -2.17. The third-order valence-electron chi connectivity index (χ3n) is 3.08. The summed E-state index contributed by atoms with van der Waals surface area (Å²) in [5.74, 6) is -1.15. The minimum atomic E-state index is -1.01. The van der Waals surface area contributed by atoms with Crippen LogP contribution >= 0.6 is 0 Å². The molecule has 1 fully saturated rings. The van der Waals surface area contributed by atoms with Crippen LogP contribution in [0.3, 0.4) is 0 Å². The molecule has 2 N–H and O–H groups in total. The van der Waals surface area contributed by atoms with Gasteiger partial charge in [-0.15, -0.1) is 0 Å². The molecule has 18 heavy (non-hydrogen) atoms. The average Bonchev–Trinajstić information content (AvgIpc) is 2.69. The van der Waals surface area contributed by atoms with Crippen LogP contribution < -0.4 is 4.90 Å². The highest BCUT2D eigenvalue weighted by molar-refractivity contribution is 5.97. The summed E-state index contributed by atoms with van der Waals surface area (Å²) in [6.45, 7) is 2.21. The molecule has 0 aliphatic carbocycles. The zero-order chi connectivity index (χ0) is 13.3. The molecule has 1 heterocycles. The fraction of sp³-hybridized carbons (Fsp3) is 0.385. The minimum Gasteiger partial charge on any atom is -0.478 e. The van der Waals surface area contributed by atoms with Gasteiger partial charge in [0.05, 0.1) is 5.56 Å². The van der Waals surface area contributed by atoms with Gasteiger partial charge < -0.3 is 15.1 Å². The summed E-state index contributed by atoms with van der Waals surface area (Å²) in [5.41, 5.74) is 1.56. The molecule has 1 saturated heterocycles. The van der Waals surface area contributed by atoms with Gasteiger partial charge in [-0.25, -0.2) is 4.79 Å². The predicted molar refractivity (Wildman–Crippen MR) is 65.7 cm³/mol. The fourth-order valence-corrected chi connectivity index (χ4v) is 2.20. The SMILES string of the molecule is Cc1cc(C(=O)O)cc(N2CC(CO)CC2=O)c1. The Balaban J connectivity index is 2.34. The molecule has 1 unspecified atom stereocenters. The maximum Gasteiger partial charge on any atom is 0.335 e. The van der Waals surface area contributed by atoms with Crippen molar-refractivity contribution < 1.29 is 19.8 Å². The zero-order valence-corrected chi connectivity index (χ0v) is 10.1. The number of nitrogens with zero attached hydrogens (tertiary/aromatic N) is 1. The number of amides is 1. The van der Waals surface area contributed by atoms with E-state index in [-0.39, 0.29) is 24.0 Å². The lowest BCUT2D eigenvalue weighted by Crippen LogP contribution is -2.25. The van der Waals surface area contributed by atoms with Crippen molar-refractivity contribution in [2.45, 2.75) is 13.3 Å². The smallest absolute Gasteiger partial charge is 0.335 e. The van der Waals surface area contributed by atoms with E-state index in [2.05, 4.69) is 0 Å². The highest BCUT2D eigenvalue weighted by atomic mass is 16.4. The molecule has 1 aromatic carbocycles. The molecule has 1 aliphatic heterocycles. The Hall–Kier alpha value is -1.88. The summed E-state index contributed by atoms with van der Waals surface area (Å²) < 4.78 is 0. The lowest BCUT2D eigenvalue weighted by atomic mass is 10.1. The number of carbonyl (C=O) groups excluding carboxylic acids is 1. The maximum atomic E-state index is 11.8. The number of carboxylic acids is 1. The number of anilines is 1. The van der Waals surface area contributed by atoms with Gasteiger partial charge in [-0.1, -0.05) is 0 Å². The first-order valence-electron chi connectivity index (χ1n) is 5.77. The molecular formula is C13H15NO4. The molecule has 0 saturated carbocycles. The van der Waals surface area contributed by atoms with Crippen molar-refractivity contribution in [1.82, 2.24) is 0 Å². The summed E-state index contributed by atoms with van der Waals surface area (Å²) >= 11 is 0. The molecule has 0 radical (unpaired) electrons. The van der Waals surface area contributed by atoms with Gasteiger partial charge in [-0.3, -0.25) is 4.79 Å². The van der Waals surface area contributed by atoms with E-state index >= 15 is 0 Å². The van der Waals surface area contributed by atoms with Gasteiger partial charge in [0.1, 0.15) is 0 Å². The molecule has 1 aliphatic rings. The topological polar surface area (TPSA) is 77.8 Å². The van der Waals surface area contributed by atoms with Crippen LogP contribution in [0.25, 0.3) is 0 Å². The molecule has 1 amide bonds. The predicted octanol–water partition coefficient (Wildman–Crippen LogP) is 1.04. The van der Waals surface area contributed by atoms with Crippen LogP contribution in [-0.2, 0) is 4.79 Å². The molecular weight excluding hydrogens is 234 g/mol. The average molecular weight is 249 g/mol. The van der Waals surface area contributed by atoms with Gasteiger partial charge in [-0.2, -0.15) is 0 Å². The number of hydrogen-bond donors (Lipinski definition) is 2. The molecule has 0 aromatic heterocycles. The Kier molecular flexibility index (Phi) is 3.34. The molecule has 96 valence electrons. The van der Waals surface area contributed by atoms with E-state index in [1.54, 1.807) is 24.0 Å². The quantitative estimate of drug-likeness (QED) is 0.839. The monoisotopic (exact) mass is 249 g/mol. The first-order chi connectivity index (χ1) is 8.51. The van der Waals surface area contributed by atoms with Crippen LogP contribution in [0.4, 0.5) is 5.69 Å². The van der Waals surface area contributed by atoms with Crippen molar-refractivity contribution in [3.8, 4) is 0 Å². The second kappa shape index (κ2) is 4.78. The molecule has 5 nitrogen and oxygen atoms in total. The second-order valence-electron chi connectivity index (χ2n) is 4.62. The maximum absolute atomic E-state index is 11.8. The summed E-state index contributed by atoms with van der Waals surface area (Å²) in [4.78, 5) is 24.3. The van der Waals surface area contributed by atoms with Gasteiger partial charge >= 0.3 is 5.97 Å². The highest BCUT2D eigenvalue weighted by Crippen LogP contribution is 2.26. The van der Waals surface area contributed by atoms with Crippen molar-refractivity contribution >= 4 is 17.6 Å². The molecule has 0 spiro atoms. The minimum absolute atomic E-state index is 0.0279. The van der Waals surface area contributed by atoms with Gasteiger partial charge in [0.15, 0.2) is 0 Å². The van der Waals surface area contributed by atoms with Crippen LogP contribution in [0.15, 0.2) is 18.2 Å². The van der Waals surface area contributed by atoms with E-state index in [4.69, 9.17) is 10.2 Å². The molecule has 1 atom stereocenters. The second-order valence-corrected chi connectivity index (χ2v) is 4.62. The number of aliphatic hydroxyl groups excluding tert-OH is 1. The van der Waals surface area contributed by atoms with Crippen LogP contribution in [0.5, 0.6) is 0 Å². The van der Waals surface area contributed by atoms with E-state index in [1.165, 1.54) is 6.07 Å². The highest BCUT2D eigenvalue weighted by Gasteiger charge is 2.30. The Morgan fingerprint density at radius 3 is 2.72 bits per heavy atom. The van der Waals surface area contributed by atoms with Gasteiger partial charge in [-0.05, 0) is 30.7 Å². The Bertz CT molecular complexity index is 498. The summed E-state index contributed by atoms with van der Waals surface area (Å²) in [7, 11) is 0. The number of aryl methyl sites for hydroxylation is 1. The van der Waals surface area contributed by atoms with E-state index in [1.807, 2.05) is 0 Å². The number of rotatable bonds is 3. The first-order valence-corrected chi connectivity index (χ1v) is 5.77. The third kappa shape index (κ3) is 2.36. The van der Waals surface area contributed by atoms with E-state index in [0.29, 0.717) is 18.7 Å². The van der Waals surface area contributed by atoms with Crippen molar-refractivity contribution in [2.24, 2.45) is 5.92 Å². The first kappa shape index (κ1) is 12.6. The van der Waals surface area contributed by atoms with E-state index < -0.39 is 5.97 Å². The van der Waals surface area contributed by atoms with Crippen LogP contribution in [0, 0.1) is 12.8 Å². The number of benzene rings is 1. The molecule has 5 heteroatoms. The largest absolute Gasteiger partial charge is 0.478 e. The Morgan fingerprint density at radius 1 is 1.44 bits per heavy atom. The number of aromatic carboxylic acids is 1. The number of carbonyl (C=O) groups is 2. The standard InChI is InChI=1S/C13H15NO4/c1-8-2-10(13(17)18)5-11(3-8)14-6-9(7-15)4-12(14)16/h2-3,5,9,15H,4,6-7H2,1H3,(H,17,18). The zero-order valence-electron chi connectivity index (χ0n) is 10.1. The van der Waals surface area contributed by atoms with Crippen molar-refractivity contribution in [1.29, 1.82) is 0 Å². The van der Waals surface area contributed by atoms with Crippen LogP contribution in [0.2, 0.25) is 0 Å². The van der Waals surface area contributed by atoms with Gasteiger partial charge in [0.2, 0.25) is 5.91 Å². The fourth-order valence-electron chi connectivity index (χ4n) is 2.20. The van der Waals surface area contributed by atoms with Gasteiger partial charge in [0.25, 0.3) is 0 Å². The molecule has 2 rings (SSSR count). The van der Waals surface area contributed by atoms with E-state index in [0.717, 1.165) is 5.56 Å². The summed E-state index contributed by atoms with van der Waals surface area (Å²) in [6.07, 6.45) is 0.312. The van der Waals surface area contributed by atoms with Crippen LogP contribution in [-0.4, -0.2) is 35.2 Å². The molecule has 1 aromatic rings. The summed E-state index contributed by atoms with van der Waals surface area (Å²) in [6, 6.07) is 4.84. The van der Waals surface area contributed by atoms with Crippen LogP contribution in [0.1, 0.15) is 22.3 Å². The number of hydrogen-bond acceptors (Lipinski definition) is 3.